The van der Waals surface area contributed by atoms with E-state index >= 15 is 0 Å². The van der Waals surface area contributed by atoms with Gasteiger partial charge in [-0.15, -0.1) is 0 Å². The van der Waals surface area contributed by atoms with E-state index in [9.17, 15) is 0 Å². The van der Waals surface area contributed by atoms with Crippen LogP contribution in [0.2, 0.25) is 0 Å². The smallest absolute Gasteiger partial charge is 0.178 e. The molecular weight excluding hydrogens is 406 g/mol. The predicted octanol–water partition coefficient (Wildman–Crippen LogP) is 8.90. The van der Waals surface area contributed by atoms with Gasteiger partial charge < -0.3 is 8.83 Å². The number of aromatic nitrogens is 1. The molecule has 3 aromatic heterocycles. The highest BCUT2D eigenvalue weighted by molar-refractivity contribution is 6.20. The predicted molar refractivity (Wildman–Crippen MR) is 135 cm³/mol. The zero-order valence-corrected chi connectivity index (χ0v) is 18.2. The van der Waals surface area contributed by atoms with E-state index in [2.05, 4.69) is 17.1 Å². The molecule has 3 heteroatoms. The Hall–Kier alpha value is -3.59. The standard InChI is InChI=1S/C30H25NO2/c1-18-11-12-23(25-17-20(15-16-31-25)19-7-3-2-4-8-19)28-27(18)24-14-13-22-21-9-5-6-10-26(21)32-29(22)30(24)33-28/h5-6,9-17,19H,2-4,7-8H2,1H3/i1D3. The van der Waals surface area contributed by atoms with Crippen LogP contribution in [0.1, 0.15) is 53.3 Å². The second-order valence-electron chi connectivity index (χ2n) is 9.19. The van der Waals surface area contributed by atoms with E-state index in [4.69, 9.17) is 12.9 Å². The number of hydrogen-bond donors (Lipinski definition) is 0. The van der Waals surface area contributed by atoms with Crippen LogP contribution >= 0.6 is 0 Å². The summed E-state index contributed by atoms with van der Waals surface area (Å²) in [6.45, 7) is -2.28. The fourth-order valence-corrected chi connectivity index (χ4v) is 5.61. The number of fused-ring (bicyclic) bond motifs is 7. The van der Waals surface area contributed by atoms with Crippen molar-refractivity contribution in [3.05, 3.63) is 78.0 Å². The van der Waals surface area contributed by atoms with Crippen LogP contribution in [-0.2, 0) is 0 Å². The van der Waals surface area contributed by atoms with E-state index < -0.39 is 6.85 Å². The number of hydrogen-bond acceptors (Lipinski definition) is 3. The maximum absolute atomic E-state index is 8.22. The summed E-state index contributed by atoms with van der Waals surface area (Å²) < 4.78 is 37.4. The molecule has 0 bridgehead atoms. The number of furan rings is 2. The highest BCUT2D eigenvalue weighted by Gasteiger charge is 2.21. The summed E-state index contributed by atoms with van der Waals surface area (Å²) in [4.78, 5) is 4.69. The van der Waals surface area contributed by atoms with Gasteiger partial charge in [0, 0.05) is 37.4 Å². The van der Waals surface area contributed by atoms with Gasteiger partial charge in [-0.1, -0.05) is 43.5 Å². The largest absolute Gasteiger partial charge is 0.452 e. The summed E-state index contributed by atoms with van der Waals surface area (Å²) in [5.74, 6) is 0.545. The summed E-state index contributed by atoms with van der Waals surface area (Å²) in [5, 5.41) is 3.31. The van der Waals surface area contributed by atoms with Crippen LogP contribution in [0.25, 0.3) is 55.1 Å². The van der Waals surface area contributed by atoms with Crippen molar-refractivity contribution in [1.82, 2.24) is 4.98 Å². The van der Waals surface area contributed by atoms with Crippen molar-refractivity contribution in [2.24, 2.45) is 0 Å². The first-order valence-electron chi connectivity index (χ1n) is 13.3. The average molecular weight is 435 g/mol. The Bertz CT molecular complexity index is 1770. The maximum Gasteiger partial charge on any atom is 0.178 e. The summed E-state index contributed by atoms with van der Waals surface area (Å²) in [7, 11) is 0. The molecule has 7 rings (SSSR count). The highest BCUT2D eigenvalue weighted by atomic mass is 16.4. The maximum atomic E-state index is 8.22. The lowest BCUT2D eigenvalue weighted by atomic mass is 9.84. The van der Waals surface area contributed by atoms with Gasteiger partial charge in [0.1, 0.15) is 11.2 Å². The SMILES string of the molecule is [2H]C([2H])([2H])c1ccc(-c2cc(C3CCCCC3)ccn2)c2oc3c(ccc4c5ccccc5oc43)c12. The molecule has 0 atom stereocenters. The van der Waals surface area contributed by atoms with Crippen molar-refractivity contribution in [3.8, 4) is 11.3 Å². The minimum Gasteiger partial charge on any atom is -0.452 e. The molecule has 3 aromatic carbocycles. The van der Waals surface area contributed by atoms with E-state index in [1.54, 1.807) is 6.07 Å². The number of para-hydroxylation sites is 1. The molecule has 0 aliphatic heterocycles. The monoisotopic (exact) mass is 434 g/mol. The molecule has 3 nitrogen and oxygen atoms in total. The fraction of sp³-hybridized carbons (Fsp3) is 0.233. The number of benzene rings is 3. The fourth-order valence-electron chi connectivity index (χ4n) is 5.61. The molecule has 0 N–H and O–H groups in total. The van der Waals surface area contributed by atoms with Crippen LogP contribution in [0.3, 0.4) is 0 Å². The Morgan fingerprint density at radius 1 is 0.818 bits per heavy atom. The highest BCUT2D eigenvalue weighted by Crippen LogP contribution is 2.42. The van der Waals surface area contributed by atoms with Gasteiger partial charge in [0.25, 0.3) is 0 Å². The van der Waals surface area contributed by atoms with Crippen molar-refractivity contribution in [3.63, 3.8) is 0 Å². The van der Waals surface area contributed by atoms with Crippen molar-refractivity contribution in [1.29, 1.82) is 0 Å². The molecule has 0 spiro atoms. The number of rotatable bonds is 2. The molecule has 0 radical (unpaired) electrons. The normalized spacial score (nSPS) is 17.0. The zero-order chi connectivity index (χ0) is 24.4. The Labute approximate surface area is 196 Å². The van der Waals surface area contributed by atoms with Crippen LogP contribution in [0.4, 0.5) is 0 Å². The molecule has 1 saturated carbocycles. The second-order valence-corrected chi connectivity index (χ2v) is 9.19. The van der Waals surface area contributed by atoms with Gasteiger partial charge in [-0.2, -0.15) is 0 Å². The molecule has 1 aliphatic carbocycles. The summed E-state index contributed by atoms with van der Waals surface area (Å²) in [5.41, 5.74) is 5.70. The van der Waals surface area contributed by atoms with Crippen LogP contribution in [-0.4, -0.2) is 4.98 Å². The Kier molecular flexibility index (Phi) is 3.52. The van der Waals surface area contributed by atoms with Gasteiger partial charge in [-0.25, -0.2) is 0 Å². The van der Waals surface area contributed by atoms with E-state index in [1.165, 1.54) is 37.7 Å². The second kappa shape index (κ2) is 7.21. The summed E-state index contributed by atoms with van der Waals surface area (Å²) in [6.07, 6.45) is 8.09. The number of pyridine rings is 1. The Morgan fingerprint density at radius 2 is 1.67 bits per heavy atom. The van der Waals surface area contributed by atoms with Crippen molar-refractivity contribution in [2.45, 2.75) is 44.9 Å². The molecule has 3 heterocycles. The molecule has 0 unspecified atom stereocenters. The molecule has 1 aliphatic rings. The van der Waals surface area contributed by atoms with Crippen LogP contribution in [0.5, 0.6) is 0 Å². The third kappa shape index (κ3) is 2.85. The van der Waals surface area contributed by atoms with Crippen molar-refractivity contribution >= 4 is 43.9 Å². The summed E-state index contributed by atoms with van der Waals surface area (Å²) >= 11 is 0. The van der Waals surface area contributed by atoms with Gasteiger partial charge >= 0.3 is 0 Å². The van der Waals surface area contributed by atoms with Gasteiger partial charge in [-0.3, -0.25) is 4.98 Å². The van der Waals surface area contributed by atoms with E-state index in [0.29, 0.717) is 28.1 Å². The number of nitrogens with zero attached hydrogens (tertiary/aromatic N) is 1. The first-order valence-corrected chi connectivity index (χ1v) is 11.8. The van der Waals surface area contributed by atoms with Gasteiger partial charge in [0.15, 0.2) is 11.2 Å². The molecule has 0 saturated heterocycles. The lowest BCUT2D eigenvalue weighted by molar-refractivity contribution is 0.443. The van der Waals surface area contributed by atoms with E-state index in [-0.39, 0.29) is 5.56 Å². The average Bonchev–Trinajstić information content (AvgIpc) is 3.47. The first-order chi connectivity index (χ1) is 17.5. The first kappa shape index (κ1) is 16.1. The van der Waals surface area contributed by atoms with Crippen molar-refractivity contribution < 1.29 is 12.9 Å². The van der Waals surface area contributed by atoms with Crippen molar-refractivity contribution in [2.75, 3.05) is 0 Å². The molecule has 162 valence electrons. The molecular formula is C30H25NO2. The lowest BCUT2D eigenvalue weighted by Gasteiger charge is -2.22. The molecule has 33 heavy (non-hydrogen) atoms. The van der Waals surface area contributed by atoms with Crippen LogP contribution in [0.15, 0.2) is 75.7 Å². The summed E-state index contributed by atoms with van der Waals surface area (Å²) in [6, 6.07) is 19.7. The Morgan fingerprint density at radius 3 is 2.58 bits per heavy atom. The quantitative estimate of drug-likeness (QED) is 0.273. The molecule has 1 fully saturated rings. The van der Waals surface area contributed by atoms with Gasteiger partial charge in [0.05, 0.1) is 5.69 Å². The van der Waals surface area contributed by atoms with Crippen LogP contribution in [0, 0.1) is 6.85 Å². The van der Waals surface area contributed by atoms with Gasteiger partial charge in [0.2, 0.25) is 0 Å². The minimum atomic E-state index is -2.28. The zero-order valence-electron chi connectivity index (χ0n) is 21.2. The van der Waals surface area contributed by atoms with E-state index in [1.807, 2.05) is 48.7 Å². The molecule has 0 amide bonds. The van der Waals surface area contributed by atoms with Gasteiger partial charge in [-0.05, 0) is 73.1 Å². The number of aryl methyl sites for hydroxylation is 1. The third-order valence-corrected chi connectivity index (χ3v) is 7.27. The molecule has 6 aromatic rings. The van der Waals surface area contributed by atoms with Crippen LogP contribution < -0.4 is 0 Å². The Balaban J connectivity index is 1.52. The minimum absolute atomic E-state index is 0.277. The topological polar surface area (TPSA) is 39.2 Å². The lowest BCUT2D eigenvalue weighted by Crippen LogP contribution is -2.04. The van der Waals surface area contributed by atoms with E-state index in [0.717, 1.165) is 33.0 Å². The third-order valence-electron chi connectivity index (χ3n) is 7.27.